The Bertz CT molecular complexity index is 2310. The van der Waals surface area contributed by atoms with Crippen LogP contribution in [-0.2, 0) is 28.0 Å². The SMILES string of the molecule is CC(C)(C)c1ccc(-c2cccc3c2C=C[CH]3[Hf]([CH3])([CH3])([CH]2C=Cc3c(-c4ccc(C(C)(C)C)cc4)cccc32)=[Si](c2ccccc2)c2ccccc2)cc1. The number of hydrogen-bond acceptors (Lipinski definition) is 0. The average Bonchev–Trinajstić information content (AvgIpc) is 3.82. The van der Waals surface area contributed by atoms with Crippen LogP contribution in [0.1, 0.15) is 82.3 Å². The molecule has 2 unspecified atom stereocenters. The van der Waals surface area contributed by atoms with Gasteiger partial charge in [0.2, 0.25) is 0 Å². The molecular formula is C52H54HfSi. The van der Waals surface area contributed by atoms with E-state index in [2.05, 4.69) is 221 Å². The maximum atomic E-state index is 2.86. The molecule has 0 aliphatic heterocycles. The first-order valence-electron chi connectivity index (χ1n) is 19.8. The predicted molar refractivity (Wildman–Crippen MR) is 234 cm³/mol. The van der Waals surface area contributed by atoms with E-state index in [9.17, 15) is 0 Å². The summed E-state index contributed by atoms with van der Waals surface area (Å²) in [6.07, 6.45) is 10.3. The summed E-state index contributed by atoms with van der Waals surface area (Å²) < 4.78 is 6.48. The quantitative estimate of drug-likeness (QED) is 0.146. The van der Waals surface area contributed by atoms with E-state index in [0.717, 1.165) is 0 Å². The number of allylic oxidation sites excluding steroid dienone is 2. The molecule has 0 saturated carbocycles. The second-order valence-corrected chi connectivity index (χ2v) is 62.1. The second-order valence-electron chi connectivity index (χ2n) is 18.7. The molecule has 54 heavy (non-hydrogen) atoms. The van der Waals surface area contributed by atoms with Crippen LogP contribution in [0, 0.1) is 0 Å². The minimum absolute atomic E-state index is 0.127. The molecule has 6 aromatic carbocycles. The molecule has 0 saturated heterocycles. The van der Waals surface area contributed by atoms with Gasteiger partial charge in [0.1, 0.15) is 0 Å². The van der Waals surface area contributed by atoms with Crippen molar-refractivity contribution in [3.63, 3.8) is 0 Å². The molecular weight excluding hydrogens is 831 g/mol. The van der Waals surface area contributed by atoms with Crippen molar-refractivity contribution in [1.29, 1.82) is 0 Å². The molecule has 0 nitrogen and oxygen atoms in total. The second kappa shape index (κ2) is 13.6. The summed E-state index contributed by atoms with van der Waals surface area (Å²) in [4.78, 5) is 0. The molecule has 2 aliphatic rings. The fourth-order valence-electron chi connectivity index (χ4n) is 9.82. The van der Waals surface area contributed by atoms with Gasteiger partial charge in [-0.1, -0.05) is 0 Å². The zero-order chi connectivity index (χ0) is 37.9. The molecule has 0 aromatic heterocycles. The molecule has 0 amide bonds. The summed E-state index contributed by atoms with van der Waals surface area (Å²) in [5.41, 5.74) is 12.9. The molecule has 0 spiro atoms. The van der Waals surface area contributed by atoms with Gasteiger partial charge in [0.25, 0.3) is 0 Å². The number of fused-ring (bicyclic) bond motifs is 2. The standard InChI is InChI=1S/2C19H19.C12H10Si.2CH3.Hf/c2*1-19(2,3)16-12-10-15(11-13-16)18-9-5-7-14-6-4-8-17(14)18;1-3-7-11(8-4-1)13-12-9-5-2-6-10-12;;;/h2*4-13H,1-3H3;1-10H;2*1H3;. The van der Waals surface area contributed by atoms with Crippen molar-refractivity contribution in [3.05, 3.63) is 191 Å². The summed E-state index contributed by atoms with van der Waals surface area (Å²) in [5.74, 6) is 0. The van der Waals surface area contributed by atoms with Crippen LogP contribution in [0.15, 0.2) is 158 Å². The Labute approximate surface area is 325 Å². The number of hydrogen-bond donors (Lipinski definition) is 0. The third kappa shape index (κ3) is 6.24. The summed E-state index contributed by atoms with van der Waals surface area (Å²) in [7, 11) is 0. The van der Waals surface area contributed by atoms with Crippen LogP contribution < -0.4 is 10.4 Å². The van der Waals surface area contributed by atoms with Crippen LogP contribution in [0.5, 0.6) is 0 Å². The Balaban J connectivity index is 1.38. The van der Waals surface area contributed by atoms with Gasteiger partial charge in [0.15, 0.2) is 0 Å². The fraction of sp³-hybridized carbons (Fsp3) is 0.231. The van der Waals surface area contributed by atoms with Gasteiger partial charge in [-0.2, -0.15) is 0 Å². The molecule has 270 valence electrons. The van der Waals surface area contributed by atoms with Crippen LogP contribution in [0.3, 0.4) is 0 Å². The zero-order valence-corrected chi connectivity index (χ0v) is 37.9. The van der Waals surface area contributed by atoms with Gasteiger partial charge in [-0.15, -0.1) is 0 Å². The summed E-state index contributed by atoms with van der Waals surface area (Å²) >= 11 is -4.44. The van der Waals surface area contributed by atoms with Gasteiger partial charge in [0, 0.05) is 0 Å². The molecule has 0 heterocycles. The van der Waals surface area contributed by atoms with Crippen LogP contribution in [-0.4, -0.2) is 5.49 Å². The third-order valence-corrected chi connectivity index (χ3v) is 61.9. The topological polar surface area (TPSA) is 0 Å². The molecule has 8 rings (SSSR count). The Morgan fingerprint density at radius 3 is 1.15 bits per heavy atom. The first kappa shape index (κ1) is 36.8. The van der Waals surface area contributed by atoms with E-state index in [-0.39, 0.29) is 10.8 Å². The third-order valence-electron chi connectivity index (χ3n) is 12.8. The molecule has 0 N–H and O–H groups in total. The number of benzene rings is 6. The van der Waals surface area contributed by atoms with Crippen molar-refractivity contribution in [2.24, 2.45) is 0 Å². The van der Waals surface area contributed by atoms with Crippen LogP contribution in [0.4, 0.5) is 0 Å². The molecule has 6 aromatic rings. The molecule has 0 bridgehead atoms. The maximum absolute atomic E-state index is 4.44. The molecule has 2 aliphatic carbocycles. The first-order valence-corrected chi connectivity index (χ1v) is 38.0. The molecule has 0 fully saturated rings. The normalized spacial score (nSPS) is 16.7. The van der Waals surface area contributed by atoms with Crippen molar-refractivity contribution >= 4 is 28.0 Å². The predicted octanol–water partition coefficient (Wildman–Crippen LogP) is 13.0. The Morgan fingerprint density at radius 1 is 0.426 bits per heavy atom. The van der Waals surface area contributed by atoms with E-state index < -0.39 is 22.6 Å². The van der Waals surface area contributed by atoms with Crippen molar-refractivity contribution in [3.8, 4) is 22.3 Å². The Kier molecular flexibility index (Phi) is 9.26. The van der Waals surface area contributed by atoms with Crippen molar-refractivity contribution in [1.82, 2.24) is 0 Å². The van der Waals surface area contributed by atoms with E-state index in [0.29, 0.717) is 7.35 Å². The van der Waals surface area contributed by atoms with Gasteiger partial charge in [-0.25, -0.2) is 0 Å². The summed E-state index contributed by atoms with van der Waals surface area (Å²) in [6.45, 7) is 13.8. The monoisotopic (exact) mass is 886 g/mol. The van der Waals surface area contributed by atoms with Gasteiger partial charge in [-0.05, 0) is 0 Å². The van der Waals surface area contributed by atoms with Crippen LogP contribution in [0.25, 0.3) is 34.4 Å². The minimum atomic E-state index is -4.44. The zero-order valence-electron chi connectivity index (χ0n) is 33.3. The Hall–Kier alpha value is -4.11. The summed E-state index contributed by atoms with van der Waals surface area (Å²) in [6, 6.07) is 56.3. The molecule has 2 heteroatoms. The first-order chi connectivity index (χ1) is 25.7. The van der Waals surface area contributed by atoms with Gasteiger partial charge < -0.3 is 0 Å². The van der Waals surface area contributed by atoms with Gasteiger partial charge >= 0.3 is 328 Å². The fourth-order valence-corrected chi connectivity index (χ4v) is 62.7. The van der Waals surface area contributed by atoms with E-state index in [1.54, 1.807) is 10.4 Å². The van der Waals surface area contributed by atoms with Crippen molar-refractivity contribution in [2.75, 3.05) is 0 Å². The van der Waals surface area contributed by atoms with Crippen LogP contribution >= 0.6 is 0 Å². The molecule has 0 radical (unpaired) electrons. The van der Waals surface area contributed by atoms with E-state index in [4.69, 9.17) is 0 Å². The van der Waals surface area contributed by atoms with Crippen molar-refractivity contribution in [2.45, 2.75) is 69.1 Å². The van der Waals surface area contributed by atoms with Gasteiger partial charge in [0.05, 0.1) is 0 Å². The van der Waals surface area contributed by atoms with E-state index >= 15 is 0 Å². The van der Waals surface area contributed by atoms with Gasteiger partial charge in [-0.3, -0.25) is 0 Å². The van der Waals surface area contributed by atoms with E-state index in [1.165, 1.54) is 55.6 Å². The number of rotatable bonds is 6. The molecule has 2 atom stereocenters. The Morgan fingerprint density at radius 2 is 0.796 bits per heavy atom. The average molecular weight is 886 g/mol. The summed E-state index contributed by atoms with van der Waals surface area (Å²) in [5, 5.41) is 3.08. The van der Waals surface area contributed by atoms with E-state index in [1.807, 2.05) is 0 Å². The van der Waals surface area contributed by atoms with Crippen molar-refractivity contribution < 1.29 is 17.1 Å². The van der Waals surface area contributed by atoms with Crippen LogP contribution in [0.2, 0.25) is 9.36 Å².